The van der Waals surface area contributed by atoms with Gasteiger partial charge in [-0.15, -0.1) is 0 Å². The van der Waals surface area contributed by atoms with Crippen molar-refractivity contribution in [3.8, 4) is 5.75 Å². The molecule has 0 fully saturated rings. The molecule has 0 bridgehead atoms. The number of phenolic OH excluding ortho intramolecular Hbond substituents is 1. The van der Waals surface area contributed by atoms with Gasteiger partial charge in [-0.05, 0) is 37.1 Å². The van der Waals surface area contributed by atoms with Gasteiger partial charge in [-0.1, -0.05) is 11.6 Å². The molecule has 72 valence electrons. The number of hydrogen-bond acceptors (Lipinski definition) is 2. The second-order valence-corrected chi connectivity index (χ2v) is 3.21. The van der Waals surface area contributed by atoms with Gasteiger partial charge in [-0.2, -0.15) is 0 Å². The van der Waals surface area contributed by atoms with Crippen molar-refractivity contribution in [2.75, 3.05) is 6.54 Å². The topological polar surface area (TPSA) is 46.2 Å². The van der Waals surface area contributed by atoms with Gasteiger partial charge < -0.3 is 10.8 Å². The van der Waals surface area contributed by atoms with Gasteiger partial charge in [0.25, 0.3) is 0 Å². The molecule has 0 spiro atoms. The van der Waals surface area contributed by atoms with Crippen molar-refractivity contribution in [3.05, 3.63) is 28.5 Å². The standard InChI is InChI=1S/C9H11ClFNO/c10-7-4-6(2-1-3-12)5-8(11)9(7)13/h4-5,13H,1-3,12H2. The molecule has 1 aromatic carbocycles. The molecule has 0 aliphatic rings. The quantitative estimate of drug-likeness (QED) is 0.790. The third kappa shape index (κ3) is 2.57. The first kappa shape index (κ1) is 10.3. The summed E-state index contributed by atoms with van der Waals surface area (Å²) in [6.07, 6.45) is 1.45. The summed E-state index contributed by atoms with van der Waals surface area (Å²) in [6, 6.07) is 2.83. The van der Waals surface area contributed by atoms with E-state index in [2.05, 4.69) is 0 Å². The minimum Gasteiger partial charge on any atom is -0.504 e. The first-order valence-corrected chi connectivity index (χ1v) is 4.40. The van der Waals surface area contributed by atoms with Crippen LogP contribution in [0.3, 0.4) is 0 Å². The van der Waals surface area contributed by atoms with Crippen LogP contribution < -0.4 is 5.73 Å². The molecule has 0 saturated carbocycles. The first-order valence-electron chi connectivity index (χ1n) is 4.02. The number of halogens is 2. The van der Waals surface area contributed by atoms with Crippen LogP contribution in [0.15, 0.2) is 12.1 Å². The highest BCUT2D eigenvalue weighted by molar-refractivity contribution is 6.32. The molecule has 0 radical (unpaired) electrons. The van der Waals surface area contributed by atoms with Crippen LogP contribution >= 0.6 is 11.6 Å². The van der Waals surface area contributed by atoms with Crippen molar-refractivity contribution in [1.29, 1.82) is 0 Å². The predicted molar refractivity (Wildman–Crippen MR) is 50.5 cm³/mol. The van der Waals surface area contributed by atoms with Gasteiger partial charge >= 0.3 is 0 Å². The second kappa shape index (κ2) is 4.44. The molecule has 0 aliphatic heterocycles. The second-order valence-electron chi connectivity index (χ2n) is 2.80. The zero-order valence-electron chi connectivity index (χ0n) is 7.06. The minimum atomic E-state index is -0.681. The van der Waals surface area contributed by atoms with E-state index in [0.29, 0.717) is 13.0 Å². The zero-order valence-corrected chi connectivity index (χ0v) is 7.81. The van der Waals surface area contributed by atoms with Crippen LogP contribution in [0.4, 0.5) is 4.39 Å². The number of aryl methyl sites for hydroxylation is 1. The third-order valence-electron chi connectivity index (χ3n) is 1.75. The Morgan fingerprint density at radius 3 is 2.69 bits per heavy atom. The van der Waals surface area contributed by atoms with E-state index in [4.69, 9.17) is 22.4 Å². The van der Waals surface area contributed by atoms with Gasteiger partial charge in [-0.25, -0.2) is 4.39 Å². The SMILES string of the molecule is NCCCc1cc(F)c(O)c(Cl)c1. The lowest BCUT2D eigenvalue weighted by Crippen LogP contribution is -2.00. The molecule has 0 atom stereocenters. The van der Waals surface area contributed by atoms with Crippen LogP contribution in [-0.4, -0.2) is 11.7 Å². The van der Waals surface area contributed by atoms with E-state index in [1.54, 1.807) is 6.07 Å². The maximum atomic E-state index is 12.9. The molecule has 3 N–H and O–H groups in total. The fourth-order valence-electron chi connectivity index (χ4n) is 1.07. The van der Waals surface area contributed by atoms with Crippen LogP contribution in [0.25, 0.3) is 0 Å². The van der Waals surface area contributed by atoms with Gasteiger partial charge in [0, 0.05) is 0 Å². The van der Waals surface area contributed by atoms with Crippen LogP contribution in [-0.2, 0) is 6.42 Å². The Morgan fingerprint density at radius 1 is 1.46 bits per heavy atom. The third-order valence-corrected chi connectivity index (χ3v) is 2.03. The number of aromatic hydroxyl groups is 1. The van der Waals surface area contributed by atoms with E-state index in [1.807, 2.05) is 0 Å². The monoisotopic (exact) mass is 203 g/mol. The molecule has 1 aromatic rings. The van der Waals surface area contributed by atoms with Gasteiger partial charge in [-0.3, -0.25) is 0 Å². The highest BCUT2D eigenvalue weighted by atomic mass is 35.5. The molecule has 1 rings (SSSR count). The summed E-state index contributed by atoms with van der Waals surface area (Å²) < 4.78 is 12.9. The number of rotatable bonds is 3. The molecule has 4 heteroatoms. The highest BCUT2D eigenvalue weighted by Crippen LogP contribution is 2.27. The molecule has 0 saturated heterocycles. The molecular formula is C9H11ClFNO. The number of nitrogens with two attached hydrogens (primary N) is 1. The molecule has 0 amide bonds. The summed E-state index contributed by atoms with van der Waals surface area (Å²) in [5.41, 5.74) is 6.06. The predicted octanol–water partition coefficient (Wildman–Crippen LogP) is 2.08. The van der Waals surface area contributed by atoms with E-state index >= 15 is 0 Å². The molecule has 0 aromatic heterocycles. The Hall–Kier alpha value is -0.800. The van der Waals surface area contributed by atoms with Crippen molar-refractivity contribution in [1.82, 2.24) is 0 Å². The van der Waals surface area contributed by atoms with Gasteiger partial charge in [0.15, 0.2) is 11.6 Å². The van der Waals surface area contributed by atoms with E-state index in [1.165, 1.54) is 6.07 Å². The molecule has 0 heterocycles. The minimum absolute atomic E-state index is 0.0482. The van der Waals surface area contributed by atoms with Crippen LogP contribution in [0.1, 0.15) is 12.0 Å². The average molecular weight is 204 g/mol. The molecule has 0 aliphatic carbocycles. The Kier molecular flexibility index (Phi) is 3.51. The summed E-state index contributed by atoms with van der Waals surface area (Å²) in [7, 11) is 0. The van der Waals surface area contributed by atoms with Crippen LogP contribution in [0.5, 0.6) is 5.75 Å². The summed E-state index contributed by atoms with van der Waals surface area (Å²) in [5.74, 6) is -1.17. The normalized spacial score (nSPS) is 10.4. The smallest absolute Gasteiger partial charge is 0.170 e. The fourth-order valence-corrected chi connectivity index (χ4v) is 1.30. The molecule has 0 unspecified atom stereocenters. The van der Waals surface area contributed by atoms with Gasteiger partial charge in [0.1, 0.15) is 0 Å². The van der Waals surface area contributed by atoms with E-state index < -0.39 is 11.6 Å². The lowest BCUT2D eigenvalue weighted by molar-refractivity contribution is 0.432. The van der Waals surface area contributed by atoms with Crippen molar-refractivity contribution in [3.63, 3.8) is 0 Å². The highest BCUT2D eigenvalue weighted by Gasteiger charge is 2.07. The number of hydrogen-bond donors (Lipinski definition) is 2. The lowest BCUT2D eigenvalue weighted by Gasteiger charge is -2.03. The maximum absolute atomic E-state index is 12.9. The van der Waals surface area contributed by atoms with Crippen molar-refractivity contribution >= 4 is 11.6 Å². The summed E-state index contributed by atoms with van der Waals surface area (Å²) >= 11 is 5.58. The fraction of sp³-hybridized carbons (Fsp3) is 0.333. The summed E-state index contributed by atoms with van der Waals surface area (Å²) in [4.78, 5) is 0. The first-order chi connectivity index (χ1) is 6.15. The maximum Gasteiger partial charge on any atom is 0.170 e. The molecule has 13 heavy (non-hydrogen) atoms. The van der Waals surface area contributed by atoms with Gasteiger partial charge in [0.2, 0.25) is 0 Å². The average Bonchev–Trinajstić information content (AvgIpc) is 2.10. The number of phenols is 1. The lowest BCUT2D eigenvalue weighted by atomic mass is 10.1. The Morgan fingerprint density at radius 2 is 2.15 bits per heavy atom. The van der Waals surface area contributed by atoms with E-state index in [0.717, 1.165) is 12.0 Å². The summed E-state index contributed by atoms with van der Waals surface area (Å²) in [6.45, 7) is 0.556. The van der Waals surface area contributed by atoms with Gasteiger partial charge in [0.05, 0.1) is 5.02 Å². The molecule has 2 nitrogen and oxygen atoms in total. The largest absolute Gasteiger partial charge is 0.504 e. The van der Waals surface area contributed by atoms with Crippen LogP contribution in [0.2, 0.25) is 5.02 Å². The Balaban J connectivity index is 2.86. The molecular weight excluding hydrogens is 193 g/mol. The van der Waals surface area contributed by atoms with Crippen molar-refractivity contribution < 1.29 is 9.50 Å². The Labute approximate surface area is 81.1 Å². The zero-order chi connectivity index (χ0) is 9.84. The summed E-state index contributed by atoms with van der Waals surface area (Å²) in [5, 5.41) is 9.07. The van der Waals surface area contributed by atoms with Crippen molar-refractivity contribution in [2.24, 2.45) is 5.73 Å². The van der Waals surface area contributed by atoms with E-state index in [9.17, 15) is 4.39 Å². The van der Waals surface area contributed by atoms with Crippen molar-refractivity contribution in [2.45, 2.75) is 12.8 Å². The number of benzene rings is 1. The van der Waals surface area contributed by atoms with E-state index in [-0.39, 0.29) is 5.02 Å². The Bertz CT molecular complexity index is 281. The van der Waals surface area contributed by atoms with Crippen LogP contribution in [0, 0.1) is 5.82 Å².